The predicted molar refractivity (Wildman–Crippen MR) is 271 cm³/mol. The van der Waals surface area contributed by atoms with Crippen LogP contribution in [0.2, 0.25) is 0 Å². The molecule has 0 aromatic heterocycles. The van der Waals surface area contributed by atoms with Crippen LogP contribution in [0, 0.1) is 11.8 Å². The number of hydrogen-bond acceptors (Lipinski definition) is 6. The van der Waals surface area contributed by atoms with E-state index in [4.69, 9.17) is 9.47 Å². The van der Waals surface area contributed by atoms with Crippen LogP contribution in [0.4, 0.5) is 0 Å². The molecule has 374 valence electrons. The number of nitrogens with one attached hydrogen (secondary N) is 1. The van der Waals surface area contributed by atoms with Gasteiger partial charge in [0.1, 0.15) is 0 Å². The van der Waals surface area contributed by atoms with Crippen molar-refractivity contribution in [2.45, 2.75) is 297 Å². The third kappa shape index (κ3) is 40.4. The number of carbonyl (C=O) groups excluding carboxylic acids is 3. The molecule has 63 heavy (non-hydrogen) atoms. The number of esters is 2. The highest BCUT2D eigenvalue weighted by Crippen LogP contribution is 2.23. The Morgan fingerprint density at radius 3 is 1.14 bits per heavy atom. The Kier molecular flexibility index (Phi) is 47.1. The monoisotopic (exact) mass is 891 g/mol. The van der Waals surface area contributed by atoms with Crippen LogP contribution >= 0.6 is 0 Å². The SMILES string of the molecule is CCCCCCCCCN(C(=O)CCNC)C(CCCCCCCCC(=O)OCC(CCCC)CCCCCC)CCCCCCCCC(=O)OCC(CCCC)CCCCCC. The zero-order chi connectivity index (χ0) is 46.3. The Morgan fingerprint density at radius 2 is 0.730 bits per heavy atom. The number of amides is 1. The van der Waals surface area contributed by atoms with E-state index in [-0.39, 0.29) is 11.9 Å². The minimum absolute atomic E-state index is 0.00791. The Balaban J connectivity index is 4.88. The second-order valence-electron chi connectivity index (χ2n) is 19.6. The van der Waals surface area contributed by atoms with Crippen molar-refractivity contribution < 1.29 is 23.9 Å². The highest BCUT2D eigenvalue weighted by molar-refractivity contribution is 5.76. The van der Waals surface area contributed by atoms with Crippen molar-refractivity contribution in [3.05, 3.63) is 0 Å². The summed E-state index contributed by atoms with van der Waals surface area (Å²) in [6.07, 6.45) is 45.9. The lowest BCUT2D eigenvalue weighted by molar-refractivity contribution is -0.146. The van der Waals surface area contributed by atoms with Crippen LogP contribution in [0.5, 0.6) is 0 Å². The molecule has 0 aromatic rings. The first-order chi connectivity index (χ1) is 30.9. The molecule has 2 unspecified atom stereocenters. The van der Waals surface area contributed by atoms with Gasteiger partial charge in [0.15, 0.2) is 0 Å². The standard InChI is InChI=1S/C56H110N2O5/c1-7-12-17-20-25-30-37-48-58(54(59)46-47-57-6)53(42-33-26-21-23-28-35-44-55(60)62-49-51(38-15-10-4)40-31-18-13-8-2)43-34-27-22-24-29-36-45-56(61)63-50-52(39-16-11-5)41-32-19-14-9-3/h51-53,57H,7-50H2,1-6H3. The van der Waals surface area contributed by atoms with Crippen molar-refractivity contribution >= 4 is 17.8 Å². The third-order valence-corrected chi connectivity index (χ3v) is 13.5. The normalized spacial score (nSPS) is 12.9. The van der Waals surface area contributed by atoms with Gasteiger partial charge in [0, 0.05) is 38.4 Å². The molecule has 1 N–H and O–H groups in total. The number of rotatable bonds is 50. The van der Waals surface area contributed by atoms with Gasteiger partial charge in [-0.15, -0.1) is 0 Å². The van der Waals surface area contributed by atoms with Gasteiger partial charge in [0.05, 0.1) is 13.2 Å². The Morgan fingerprint density at radius 1 is 0.397 bits per heavy atom. The topological polar surface area (TPSA) is 84.9 Å². The summed E-state index contributed by atoms with van der Waals surface area (Å²) in [6.45, 7) is 14.1. The number of nitrogens with zero attached hydrogens (tertiary/aromatic N) is 1. The second kappa shape index (κ2) is 48.3. The van der Waals surface area contributed by atoms with E-state index in [0.29, 0.717) is 56.3 Å². The van der Waals surface area contributed by atoms with Crippen molar-refractivity contribution in [1.82, 2.24) is 10.2 Å². The van der Waals surface area contributed by atoms with E-state index in [9.17, 15) is 14.4 Å². The lowest BCUT2D eigenvalue weighted by atomic mass is 9.96. The maximum atomic E-state index is 13.7. The van der Waals surface area contributed by atoms with Gasteiger partial charge in [-0.25, -0.2) is 0 Å². The number of hydrogen-bond donors (Lipinski definition) is 1. The first kappa shape index (κ1) is 61.4. The fraction of sp³-hybridized carbons (Fsp3) is 0.946. The van der Waals surface area contributed by atoms with Gasteiger partial charge in [0.25, 0.3) is 0 Å². The summed E-state index contributed by atoms with van der Waals surface area (Å²) in [4.78, 5) is 41.1. The van der Waals surface area contributed by atoms with E-state index in [1.54, 1.807) is 0 Å². The maximum Gasteiger partial charge on any atom is 0.305 e. The quantitative estimate of drug-likeness (QED) is 0.0484. The van der Waals surface area contributed by atoms with Crippen molar-refractivity contribution in [3.8, 4) is 0 Å². The van der Waals surface area contributed by atoms with Crippen LogP contribution in [0.1, 0.15) is 291 Å². The lowest BCUT2D eigenvalue weighted by Crippen LogP contribution is -2.42. The van der Waals surface area contributed by atoms with Crippen LogP contribution in [-0.2, 0) is 23.9 Å². The zero-order valence-corrected chi connectivity index (χ0v) is 43.3. The fourth-order valence-electron chi connectivity index (χ4n) is 9.19. The molecule has 7 heteroatoms. The summed E-state index contributed by atoms with van der Waals surface area (Å²) in [5.41, 5.74) is 0. The third-order valence-electron chi connectivity index (χ3n) is 13.5. The van der Waals surface area contributed by atoms with Gasteiger partial charge in [-0.05, 0) is 76.7 Å². The molecular weight excluding hydrogens is 781 g/mol. The van der Waals surface area contributed by atoms with Crippen LogP contribution in [-0.4, -0.2) is 62.1 Å². The molecule has 0 aliphatic rings. The fourth-order valence-corrected chi connectivity index (χ4v) is 9.19. The molecule has 0 bridgehead atoms. The molecule has 7 nitrogen and oxygen atoms in total. The van der Waals surface area contributed by atoms with Gasteiger partial charge >= 0.3 is 11.9 Å². The molecule has 0 fully saturated rings. The smallest absolute Gasteiger partial charge is 0.305 e. The summed E-state index contributed by atoms with van der Waals surface area (Å²) < 4.78 is 11.5. The molecule has 0 heterocycles. The molecular formula is C56H110N2O5. The van der Waals surface area contributed by atoms with Crippen molar-refractivity contribution in [2.24, 2.45) is 11.8 Å². The van der Waals surface area contributed by atoms with Crippen LogP contribution in [0.25, 0.3) is 0 Å². The van der Waals surface area contributed by atoms with Gasteiger partial charge in [-0.2, -0.15) is 0 Å². The zero-order valence-electron chi connectivity index (χ0n) is 43.3. The Bertz CT molecular complexity index is 935. The number of carbonyl (C=O) groups is 3. The van der Waals surface area contributed by atoms with Gasteiger partial charge in [-0.3, -0.25) is 14.4 Å². The van der Waals surface area contributed by atoms with Gasteiger partial charge in [0.2, 0.25) is 5.91 Å². The van der Waals surface area contributed by atoms with Crippen molar-refractivity contribution in [1.29, 1.82) is 0 Å². The van der Waals surface area contributed by atoms with Gasteiger partial charge in [-0.1, -0.05) is 214 Å². The molecule has 0 aromatic carbocycles. The molecule has 0 saturated carbocycles. The molecule has 0 aliphatic heterocycles. The molecule has 0 radical (unpaired) electrons. The summed E-state index contributed by atoms with van der Waals surface area (Å²) >= 11 is 0. The average Bonchev–Trinajstić information content (AvgIpc) is 3.29. The molecule has 0 aliphatic carbocycles. The summed E-state index contributed by atoms with van der Waals surface area (Å²) in [6, 6.07) is 0.319. The first-order valence-electron chi connectivity index (χ1n) is 28.1. The predicted octanol–water partition coefficient (Wildman–Crippen LogP) is 16.4. The number of ether oxygens (including phenoxy) is 2. The second-order valence-corrected chi connectivity index (χ2v) is 19.6. The number of unbranched alkanes of at least 4 members (excludes halogenated alkanes) is 24. The maximum absolute atomic E-state index is 13.7. The van der Waals surface area contributed by atoms with E-state index in [0.717, 1.165) is 83.7 Å². The molecule has 0 spiro atoms. The Labute approximate surface area is 393 Å². The first-order valence-corrected chi connectivity index (χ1v) is 28.1. The van der Waals surface area contributed by atoms with E-state index < -0.39 is 0 Å². The van der Waals surface area contributed by atoms with Gasteiger partial charge < -0.3 is 19.7 Å². The summed E-state index contributed by atoms with van der Waals surface area (Å²) in [7, 11) is 1.94. The molecule has 0 saturated heterocycles. The van der Waals surface area contributed by atoms with E-state index in [2.05, 4.69) is 44.8 Å². The molecule has 0 rings (SSSR count). The van der Waals surface area contributed by atoms with E-state index >= 15 is 0 Å². The summed E-state index contributed by atoms with van der Waals surface area (Å²) in [5, 5.41) is 3.21. The Hall–Kier alpha value is -1.63. The van der Waals surface area contributed by atoms with E-state index in [1.807, 2.05) is 7.05 Å². The minimum Gasteiger partial charge on any atom is -0.465 e. The van der Waals surface area contributed by atoms with E-state index in [1.165, 1.54) is 167 Å². The minimum atomic E-state index is -0.00791. The highest BCUT2D eigenvalue weighted by Gasteiger charge is 2.23. The highest BCUT2D eigenvalue weighted by atomic mass is 16.5. The van der Waals surface area contributed by atoms with Crippen LogP contribution in [0.15, 0.2) is 0 Å². The van der Waals surface area contributed by atoms with Crippen molar-refractivity contribution in [3.63, 3.8) is 0 Å². The molecule has 1 amide bonds. The largest absolute Gasteiger partial charge is 0.465 e. The van der Waals surface area contributed by atoms with Crippen molar-refractivity contribution in [2.75, 3.05) is 33.4 Å². The van der Waals surface area contributed by atoms with Crippen LogP contribution in [0.3, 0.4) is 0 Å². The average molecular weight is 892 g/mol. The lowest BCUT2D eigenvalue weighted by Gasteiger charge is -2.33. The summed E-state index contributed by atoms with van der Waals surface area (Å²) in [5.74, 6) is 1.35. The molecule has 2 atom stereocenters. The van der Waals surface area contributed by atoms with Crippen LogP contribution < -0.4 is 5.32 Å².